The molecule has 0 atom stereocenters. The summed E-state index contributed by atoms with van der Waals surface area (Å²) in [5, 5.41) is 8.54. The lowest BCUT2D eigenvalue weighted by atomic mass is 10.2. The van der Waals surface area contributed by atoms with Crippen LogP contribution in [0.5, 0.6) is 0 Å². The minimum absolute atomic E-state index is 0.140. The Morgan fingerprint density at radius 2 is 1.68 bits per heavy atom. The molecule has 0 spiro atoms. The number of methoxy groups -OCH3 is 1. The summed E-state index contributed by atoms with van der Waals surface area (Å²) in [6, 6.07) is 9.52. The molecule has 19 heavy (non-hydrogen) atoms. The maximum atomic E-state index is 10.2. The van der Waals surface area contributed by atoms with Gasteiger partial charge in [0.25, 0.3) is 0 Å². The number of benzene rings is 1. The van der Waals surface area contributed by atoms with Crippen LogP contribution in [0.15, 0.2) is 42.5 Å². The summed E-state index contributed by atoms with van der Waals surface area (Å²) >= 11 is 0. The van der Waals surface area contributed by atoms with Gasteiger partial charge in [0.15, 0.2) is 0 Å². The van der Waals surface area contributed by atoms with Gasteiger partial charge in [-0.1, -0.05) is 63.6 Å². The van der Waals surface area contributed by atoms with Crippen LogP contribution < -0.4 is 0 Å². The Morgan fingerprint density at radius 3 is 1.84 bits per heavy atom. The maximum Gasteiger partial charge on any atom is 0.332 e. The molecule has 1 aromatic carbocycles. The molecule has 3 heteroatoms. The van der Waals surface area contributed by atoms with Crippen LogP contribution in [0.1, 0.15) is 39.2 Å². The molecule has 0 aromatic heterocycles. The van der Waals surface area contributed by atoms with Crippen molar-refractivity contribution in [3.8, 4) is 0 Å². The topological polar surface area (TPSA) is 46.5 Å². The van der Waals surface area contributed by atoms with Crippen LogP contribution in [0.2, 0.25) is 0 Å². The maximum absolute atomic E-state index is 10.2. The SMILES string of the molecule is C=C(C)C(=O)OC.CCCC.OCc1ccccc1. The van der Waals surface area contributed by atoms with Crippen LogP contribution in [-0.4, -0.2) is 18.2 Å². The summed E-state index contributed by atoms with van der Waals surface area (Å²) in [5.74, 6) is -0.347. The second kappa shape index (κ2) is 14.5. The first kappa shape index (κ1) is 19.7. The smallest absolute Gasteiger partial charge is 0.332 e. The van der Waals surface area contributed by atoms with Gasteiger partial charge in [-0.25, -0.2) is 4.79 Å². The van der Waals surface area contributed by atoms with Crippen LogP contribution in [-0.2, 0) is 16.1 Å². The highest BCUT2D eigenvalue weighted by Crippen LogP contribution is 1.95. The Balaban J connectivity index is 0. The first-order valence-electron chi connectivity index (χ1n) is 6.41. The van der Waals surface area contributed by atoms with Gasteiger partial charge in [0.05, 0.1) is 13.7 Å². The molecule has 0 amide bonds. The molecule has 0 saturated carbocycles. The normalized spacial score (nSPS) is 8.26. The van der Waals surface area contributed by atoms with E-state index < -0.39 is 0 Å². The van der Waals surface area contributed by atoms with E-state index in [0.717, 1.165) is 5.56 Å². The largest absolute Gasteiger partial charge is 0.466 e. The highest BCUT2D eigenvalue weighted by atomic mass is 16.5. The Morgan fingerprint density at radius 1 is 1.21 bits per heavy atom. The predicted molar refractivity (Wildman–Crippen MR) is 79.8 cm³/mol. The number of carbonyl (C=O) groups excluding carboxylic acids is 1. The van der Waals surface area contributed by atoms with E-state index >= 15 is 0 Å². The van der Waals surface area contributed by atoms with Crippen molar-refractivity contribution in [3.63, 3.8) is 0 Å². The summed E-state index contributed by atoms with van der Waals surface area (Å²) in [6.45, 7) is 9.46. The molecule has 0 aliphatic rings. The first-order valence-corrected chi connectivity index (χ1v) is 6.41. The van der Waals surface area contributed by atoms with Crippen molar-refractivity contribution in [2.75, 3.05) is 7.11 Å². The molecule has 1 N–H and O–H groups in total. The summed E-state index contributed by atoms with van der Waals surface area (Å²) < 4.78 is 4.27. The van der Waals surface area contributed by atoms with E-state index in [1.54, 1.807) is 6.92 Å². The fourth-order valence-electron chi connectivity index (χ4n) is 0.758. The highest BCUT2D eigenvalue weighted by Gasteiger charge is 1.95. The molecule has 1 rings (SSSR count). The number of hydrogen-bond acceptors (Lipinski definition) is 3. The van der Waals surface area contributed by atoms with Crippen molar-refractivity contribution in [2.45, 2.75) is 40.2 Å². The minimum Gasteiger partial charge on any atom is -0.466 e. The molecule has 0 bridgehead atoms. The quantitative estimate of drug-likeness (QED) is 0.670. The van der Waals surface area contributed by atoms with Crippen molar-refractivity contribution in [1.82, 2.24) is 0 Å². The summed E-state index contributed by atoms with van der Waals surface area (Å²) in [5.41, 5.74) is 1.40. The predicted octanol–water partition coefficient (Wildman–Crippen LogP) is 3.72. The summed E-state index contributed by atoms with van der Waals surface area (Å²) in [6.07, 6.45) is 2.64. The molecule has 3 nitrogen and oxygen atoms in total. The highest BCUT2D eigenvalue weighted by molar-refractivity contribution is 5.86. The number of esters is 1. The van der Waals surface area contributed by atoms with Gasteiger partial charge < -0.3 is 9.84 Å². The van der Waals surface area contributed by atoms with E-state index in [1.807, 2.05) is 30.3 Å². The molecular weight excluding hydrogens is 240 g/mol. The van der Waals surface area contributed by atoms with Gasteiger partial charge in [-0.2, -0.15) is 0 Å². The third-order valence-electron chi connectivity index (χ3n) is 2.06. The summed E-state index contributed by atoms with van der Waals surface area (Å²) in [7, 11) is 1.33. The molecular formula is C16H26O3. The Labute approximate surface area is 116 Å². The van der Waals surface area contributed by atoms with Gasteiger partial charge in [-0.05, 0) is 12.5 Å². The van der Waals surface area contributed by atoms with Crippen LogP contribution in [0.25, 0.3) is 0 Å². The first-order chi connectivity index (χ1) is 9.03. The second-order valence-corrected chi connectivity index (χ2v) is 3.92. The zero-order valence-electron chi connectivity index (χ0n) is 12.5. The van der Waals surface area contributed by atoms with Crippen molar-refractivity contribution >= 4 is 5.97 Å². The zero-order chi connectivity index (χ0) is 15.1. The van der Waals surface area contributed by atoms with Crippen LogP contribution >= 0.6 is 0 Å². The summed E-state index contributed by atoms with van der Waals surface area (Å²) in [4.78, 5) is 10.2. The van der Waals surface area contributed by atoms with E-state index in [-0.39, 0.29) is 12.6 Å². The fraction of sp³-hybridized carbons (Fsp3) is 0.438. The lowest BCUT2D eigenvalue weighted by molar-refractivity contribution is -0.136. The van der Waals surface area contributed by atoms with Crippen molar-refractivity contribution < 1.29 is 14.6 Å². The van der Waals surface area contributed by atoms with Crippen molar-refractivity contribution in [1.29, 1.82) is 0 Å². The molecule has 0 unspecified atom stereocenters. The van der Waals surface area contributed by atoms with Gasteiger partial charge in [-0.3, -0.25) is 0 Å². The van der Waals surface area contributed by atoms with Crippen molar-refractivity contribution in [2.24, 2.45) is 0 Å². The average molecular weight is 266 g/mol. The molecule has 0 fully saturated rings. The van der Waals surface area contributed by atoms with Gasteiger partial charge in [-0.15, -0.1) is 0 Å². The molecule has 0 aliphatic carbocycles. The third-order valence-corrected chi connectivity index (χ3v) is 2.06. The Hall–Kier alpha value is -1.61. The lowest BCUT2D eigenvalue weighted by Crippen LogP contribution is -1.98. The fourth-order valence-corrected chi connectivity index (χ4v) is 0.758. The monoisotopic (exact) mass is 266 g/mol. The average Bonchev–Trinajstić information content (AvgIpc) is 2.48. The van der Waals surface area contributed by atoms with E-state index in [1.165, 1.54) is 20.0 Å². The van der Waals surface area contributed by atoms with Crippen LogP contribution in [0.4, 0.5) is 0 Å². The Bertz CT molecular complexity index is 329. The van der Waals surface area contributed by atoms with Gasteiger partial charge in [0.1, 0.15) is 0 Å². The van der Waals surface area contributed by atoms with E-state index in [0.29, 0.717) is 5.57 Å². The molecule has 0 saturated heterocycles. The standard InChI is InChI=1S/C7H8O.C5H8O2.C4H10/c8-6-7-4-2-1-3-5-7;1-4(2)5(6)7-3;1-3-4-2/h1-5,8H,6H2;1H2,2-3H3;3-4H2,1-2H3. The number of ether oxygens (including phenoxy) is 1. The molecule has 0 heterocycles. The van der Waals surface area contributed by atoms with Crippen molar-refractivity contribution in [3.05, 3.63) is 48.0 Å². The number of rotatable bonds is 3. The van der Waals surface area contributed by atoms with Gasteiger partial charge in [0, 0.05) is 5.57 Å². The molecule has 108 valence electrons. The van der Waals surface area contributed by atoms with E-state index in [2.05, 4.69) is 25.2 Å². The van der Waals surface area contributed by atoms with Crippen LogP contribution in [0.3, 0.4) is 0 Å². The molecule has 1 aromatic rings. The second-order valence-electron chi connectivity index (χ2n) is 3.92. The lowest BCUT2D eigenvalue weighted by Gasteiger charge is -1.91. The van der Waals surface area contributed by atoms with Gasteiger partial charge in [0.2, 0.25) is 0 Å². The molecule has 0 radical (unpaired) electrons. The number of unbranched alkanes of at least 4 members (excludes halogenated alkanes) is 1. The zero-order valence-corrected chi connectivity index (χ0v) is 12.5. The number of hydrogen-bond donors (Lipinski definition) is 1. The van der Waals surface area contributed by atoms with E-state index in [9.17, 15) is 4.79 Å². The molecule has 0 aliphatic heterocycles. The Kier molecular flexibility index (Phi) is 15.0. The van der Waals surface area contributed by atoms with E-state index in [4.69, 9.17) is 5.11 Å². The number of aliphatic hydroxyl groups excluding tert-OH is 1. The number of aliphatic hydroxyl groups is 1. The number of carbonyl (C=O) groups is 1. The minimum atomic E-state index is -0.347. The third kappa shape index (κ3) is 14.3. The van der Waals surface area contributed by atoms with Gasteiger partial charge >= 0.3 is 5.97 Å². The van der Waals surface area contributed by atoms with Crippen LogP contribution in [0, 0.1) is 0 Å².